The highest BCUT2D eigenvalue weighted by Crippen LogP contribution is 2.43. The van der Waals surface area contributed by atoms with E-state index in [0.717, 1.165) is 99.5 Å². The molecule has 6 nitrogen and oxygen atoms in total. The lowest BCUT2D eigenvalue weighted by Gasteiger charge is -2.10. The molecule has 6 heteroatoms. The molecule has 0 atom stereocenters. The van der Waals surface area contributed by atoms with E-state index >= 15 is 0 Å². The number of nitrogens with zero attached hydrogens (tertiary/aromatic N) is 4. The Bertz CT molecular complexity index is 4250. The Hall–Kier alpha value is -9.39. The van der Waals surface area contributed by atoms with Crippen molar-refractivity contribution >= 4 is 65.7 Å². The Kier molecular flexibility index (Phi) is 8.79. The van der Waals surface area contributed by atoms with E-state index in [2.05, 4.69) is 168 Å². The molecule has 0 aliphatic rings. The van der Waals surface area contributed by atoms with Gasteiger partial charge in [0.1, 0.15) is 22.3 Å². The molecule has 0 bridgehead atoms. The zero-order valence-electron chi connectivity index (χ0n) is 37.0. The van der Waals surface area contributed by atoms with Crippen LogP contribution < -0.4 is 0 Å². The minimum Gasteiger partial charge on any atom is -0.456 e. The summed E-state index contributed by atoms with van der Waals surface area (Å²) in [5.74, 6) is 1.87. The monoisotopic (exact) mass is 882 g/mol. The second-order valence-corrected chi connectivity index (χ2v) is 17.5. The number of hydrogen-bond donors (Lipinski definition) is 0. The molecule has 10 aromatic carbocycles. The van der Waals surface area contributed by atoms with Crippen molar-refractivity contribution in [2.45, 2.75) is 0 Å². The summed E-state index contributed by atoms with van der Waals surface area (Å²) in [6, 6.07) is 80.3. The van der Waals surface area contributed by atoms with Crippen molar-refractivity contribution in [1.29, 1.82) is 0 Å². The van der Waals surface area contributed by atoms with Gasteiger partial charge in [-0.05, 0) is 82.4 Å². The van der Waals surface area contributed by atoms with Gasteiger partial charge in [0, 0.05) is 66.3 Å². The zero-order chi connectivity index (χ0) is 45.4. The summed E-state index contributed by atoms with van der Waals surface area (Å²) in [5.41, 5.74) is 16.0. The summed E-state index contributed by atoms with van der Waals surface area (Å²) < 4.78 is 15.9. The Balaban J connectivity index is 0.845. The Morgan fingerprint density at radius 1 is 0.290 bits per heavy atom. The number of benzene rings is 10. The molecule has 0 aliphatic heterocycles. The lowest BCUT2D eigenvalue weighted by Crippen LogP contribution is -2.00. The molecular weight excluding hydrogens is 845 g/mol. The number of rotatable bonds is 7. The molecule has 4 heterocycles. The summed E-state index contributed by atoms with van der Waals surface area (Å²) in [6.07, 6.45) is 0. The summed E-state index contributed by atoms with van der Waals surface area (Å²) >= 11 is 0. The minimum atomic E-state index is 0.610. The normalized spacial score (nSPS) is 11.8. The first kappa shape index (κ1) is 38.8. The number of furan rings is 2. The molecule has 0 saturated carbocycles. The van der Waals surface area contributed by atoms with E-state index in [-0.39, 0.29) is 0 Å². The number of aromatic nitrogens is 4. The van der Waals surface area contributed by atoms with Gasteiger partial charge < -0.3 is 13.4 Å². The third-order valence-electron chi connectivity index (χ3n) is 13.5. The second kappa shape index (κ2) is 15.6. The summed E-state index contributed by atoms with van der Waals surface area (Å²) in [4.78, 5) is 14.9. The summed E-state index contributed by atoms with van der Waals surface area (Å²) in [5, 5.41) is 6.67. The maximum Gasteiger partial charge on any atom is 0.164 e. The van der Waals surface area contributed by atoms with Crippen LogP contribution in [0.3, 0.4) is 0 Å². The van der Waals surface area contributed by atoms with Gasteiger partial charge in [-0.3, -0.25) is 0 Å². The lowest BCUT2D eigenvalue weighted by molar-refractivity contribution is 0.668. The molecule has 0 N–H and O–H groups in total. The first-order valence-electron chi connectivity index (χ1n) is 23.2. The highest BCUT2D eigenvalue weighted by atomic mass is 16.3. The highest BCUT2D eigenvalue weighted by molar-refractivity contribution is 6.15. The average molecular weight is 883 g/mol. The molecule has 4 aromatic heterocycles. The molecule has 0 aliphatic carbocycles. The van der Waals surface area contributed by atoms with E-state index in [1.54, 1.807) is 0 Å². The SMILES string of the molecule is c1ccc(-c2ccc3c(c2)c2ccccc2n3-c2ccc3c(c2)oc2c(-c4ccc5c(c4)oc4cccc(-c6cccc(-c7nc(-c8ccccc8)nc(-c8ccccc8)n7)c6)c45)cccc23)cc1. The molecule has 69 heavy (non-hydrogen) atoms. The Labute approximate surface area is 396 Å². The first-order chi connectivity index (χ1) is 34.2. The van der Waals surface area contributed by atoms with Crippen molar-refractivity contribution in [3.8, 4) is 73.2 Å². The molecule has 0 spiro atoms. The van der Waals surface area contributed by atoms with Crippen molar-refractivity contribution in [3.05, 3.63) is 231 Å². The third-order valence-corrected chi connectivity index (χ3v) is 13.5. The summed E-state index contributed by atoms with van der Waals surface area (Å²) in [7, 11) is 0. The van der Waals surface area contributed by atoms with Crippen LogP contribution in [0.5, 0.6) is 0 Å². The molecule has 0 amide bonds. The van der Waals surface area contributed by atoms with E-state index in [1.165, 1.54) is 21.9 Å². The van der Waals surface area contributed by atoms with Crippen molar-refractivity contribution in [2.24, 2.45) is 0 Å². The van der Waals surface area contributed by atoms with Crippen LogP contribution in [0.4, 0.5) is 0 Å². The van der Waals surface area contributed by atoms with Gasteiger partial charge in [0.15, 0.2) is 17.5 Å². The van der Waals surface area contributed by atoms with Gasteiger partial charge in [-0.2, -0.15) is 0 Å². The predicted molar refractivity (Wildman–Crippen MR) is 281 cm³/mol. The van der Waals surface area contributed by atoms with E-state index < -0.39 is 0 Å². The number of para-hydroxylation sites is 2. The van der Waals surface area contributed by atoms with Crippen LogP contribution >= 0.6 is 0 Å². The average Bonchev–Trinajstić information content (AvgIpc) is 4.10. The van der Waals surface area contributed by atoms with E-state index in [9.17, 15) is 0 Å². The maximum absolute atomic E-state index is 6.88. The Morgan fingerprint density at radius 2 is 0.855 bits per heavy atom. The first-order valence-corrected chi connectivity index (χ1v) is 23.2. The van der Waals surface area contributed by atoms with Gasteiger partial charge in [0.05, 0.1) is 11.0 Å². The van der Waals surface area contributed by atoms with Crippen LogP contribution in [0.1, 0.15) is 0 Å². The van der Waals surface area contributed by atoms with Gasteiger partial charge >= 0.3 is 0 Å². The fraction of sp³-hybridized carbons (Fsp3) is 0. The highest BCUT2D eigenvalue weighted by Gasteiger charge is 2.20. The quantitative estimate of drug-likeness (QED) is 0.159. The maximum atomic E-state index is 6.88. The van der Waals surface area contributed by atoms with E-state index in [4.69, 9.17) is 23.8 Å². The molecule has 14 aromatic rings. The van der Waals surface area contributed by atoms with Gasteiger partial charge in [0.25, 0.3) is 0 Å². The molecule has 0 radical (unpaired) electrons. The molecule has 0 fully saturated rings. The molecule has 0 saturated heterocycles. The lowest BCUT2D eigenvalue weighted by atomic mass is 9.96. The van der Waals surface area contributed by atoms with Gasteiger partial charge in [-0.1, -0.05) is 170 Å². The molecule has 322 valence electrons. The predicted octanol–water partition coefficient (Wildman–Crippen LogP) is 16.8. The van der Waals surface area contributed by atoms with Gasteiger partial charge in [-0.15, -0.1) is 0 Å². The van der Waals surface area contributed by atoms with Crippen molar-refractivity contribution in [2.75, 3.05) is 0 Å². The standard InChI is InChI=1S/C63H38N4O2/c1-4-15-39(16-5-1)42-30-34-55-53(36-42)49-23-10-11-27-54(49)67(55)46-31-33-50-51-26-13-25-48(60(51)69-58(50)38-46)44-29-32-52-57(37-44)68-56-28-14-24-47(59(52)56)43-21-12-22-45(35-43)63-65-61(40-17-6-2-7-18-40)64-62(66-63)41-19-8-3-9-20-41/h1-38H. The number of hydrogen-bond acceptors (Lipinski definition) is 5. The number of fused-ring (bicyclic) bond motifs is 9. The van der Waals surface area contributed by atoms with Crippen LogP contribution in [-0.4, -0.2) is 19.5 Å². The third kappa shape index (κ3) is 6.45. The summed E-state index contributed by atoms with van der Waals surface area (Å²) in [6.45, 7) is 0. The van der Waals surface area contributed by atoms with Crippen LogP contribution in [0.25, 0.3) is 139 Å². The van der Waals surface area contributed by atoms with E-state index in [0.29, 0.717) is 17.5 Å². The zero-order valence-corrected chi connectivity index (χ0v) is 37.0. The van der Waals surface area contributed by atoms with Gasteiger partial charge in [-0.25, -0.2) is 15.0 Å². The molecular formula is C63H38N4O2. The van der Waals surface area contributed by atoms with Crippen LogP contribution in [0.15, 0.2) is 239 Å². The Morgan fingerprint density at radius 3 is 1.64 bits per heavy atom. The van der Waals surface area contributed by atoms with Crippen molar-refractivity contribution < 1.29 is 8.83 Å². The largest absolute Gasteiger partial charge is 0.456 e. The molecule has 0 unspecified atom stereocenters. The topological polar surface area (TPSA) is 69.9 Å². The second-order valence-electron chi connectivity index (χ2n) is 17.5. The smallest absolute Gasteiger partial charge is 0.164 e. The van der Waals surface area contributed by atoms with Gasteiger partial charge in [0.2, 0.25) is 0 Å². The van der Waals surface area contributed by atoms with Crippen molar-refractivity contribution in [1.82, 2.24) is 19.5 Å². The fourth-order valence-electron chi connectivity index (χ4n) is 10.2. The molecule has 14 rings (SSSR count). The van der Waals surface area contributed by atoms with E-state index in [1.807, 2.05) is 66.7 Å². The van der Waals surface area contributed by atoms with Crippen LogP contribution in [0, 0.1) is 0 Å². The van der Waals surface area contributed by atoms with Crippen LogP contribution in [-0.2, 0) is 0 Å². The van der Waals surface area contributed by atoms with Crippen molar-refractivity contribution in [3.63, 3.8) is 0 Å². The fourth-order valence-corrected chi connectivity index (χ4v) is 10.2. The van der Waals surface area contributed by atoms with Crippen LogP contribution in [0.2, 0.25) is 0 Å². The minimum absolute atomic E-state index is 0.610.